The molecule has 2 aromatic carbocycles. The van der Waals surface area contributed by atoms with Gasteiger partial charge in [-0.15, -0.1) is 0 Å². The molecule has 0 bridgehead atoms. The minimum Gasteiger partial charge on any atom is -0.398 e. The SMILES string of the molecule is Cc1cc(Nc2nc(-c3ccccc3N)nc3cc(N4CCN(C)CC4)ccc23)n[nH]1. The maximum Gasteiger partial charge on any atom is 0.164 e. The second kappa shape index (κ2) is 7.88. The average Bonchev–Trinajstić information content (AvgIpc) is 3.18. The van der Waals surface area contributed by atoms with Gasteiger partial charge >= 0.3 is 0 Å². The summed E-state index contributed by atoms with van der Waals surface area (Å²) in [6.07, 6.45) is 0. The molecule has 1 aliphatic heterocycles. The lowest BCUT2D eigenvalue weighted by atomic mass is 10.1. The first-order valence-corrected chi connectivity index (χ1v) is 10.5. The topological polar surface area (TPSA) is 99.0 Å². The second-order valence-corrected chi connectivity index (χ2v) is 8.04. The summed E-state index contributed by atoms with van der Waals surface area (Å²) < 4.78 is 0. The maximum atomic E-state index is 6.23. The second-order valence-electron chi connectivity index (χ2n) is 8.04. The highest BCUT2D eigenvalue weighted by atomic mass is 15.2. The fourth-order valence-electron chi connectivity index (χ4n) is 3.90. The van der Waals surface area contributed by atoms with Crippen molar-refractivity contribution < 1.29 is 0 Å². The lowest BCUT2D eigenvalue weighted by molar-refractivity contribution is 0.313. The molecule has 31 heavy (non-hydrogen) atoms. The summed E-state index contributed by atoms with van der Waals surface area (Å²) in [6.45, 7) is 6.08. The molecule has 0 unspecified atom stereocenters. The molecule has 158 valence electrons. The summed E-state index contributed by atoms with van der Waals surface area (Å²) in [4.78, 5) is 14.5. The third-order valence-corrected chi connectivity index (χ3v) is 5.70. The number of nitrogen functional groups attached to an aromatic ring is 1. The number of anilines is 4. The van der Waals surface area contributed by atoms with Gasteiger partial charge in [-0.05, 0) is 44.3 Å². The van der Waals surface area contributed by atoms with Gasteiger partial charge in [0, 0.05) is 60.3 Å². The van der Waals surface area contributed by atoms with E-state index in [0.717, 1.165) is 48.3 Å². The van der Waals surface area contributed by atoms with Crippen molar-refractivity contribution in [2.75, 3.05) is 49.2 Å². The molecule has 4 N–H and O–H groups in total. The van der Waals surface area contributed by atoms with Gasteiger partial charge in [0.15, 0.2) is 11.6 Å². The largest absolute Gasteiger partial charge is 0.398 e. The Morgan fingerprint density at radius 3 is 2.55 bits per heavy atom. The number of nitrogens with one attached hydrogen (secondary N) is 2. The highest BCUT2D eigenvalue weighted by molar-refractivity contribution is 5.94. The number of piperazine rings is 1. The summed E-state index contributed by atoms with van der Waals surface area (Å²) in [5, 5.41) is 11.6. The molecule has 0 saturated carbocycles. The number of aromatic nitrogens is 4. The van der Waals surface area contributed by atoms with Gasteiger partial charge in [-0.2, -0.15) is 5.10 Å². The van der Waals surface area contributed by atoms with Crippen LogP contribution in [0.2, 0.25) is 0 Å². The molecular weight excluding hydrogens is 388 g/mol. The number of benzene rings is 2. The molecule has 5 rings (SSSR count). The van der Waals surface area contributed by atoms with Crippen molar-refractivity contribution in [1.29, 1.82) is 0 Å². The average molecular weight is 415 g/mol. The zero-order valence-electron chi connectivity index (χ0n) is 17.8. The highest BCUT2D eigenvalue weighted by Crippen LogP contribution is 2.31. The number of fused-ring (bicyclic) bond motifs is 1. The van der Waals surface area contributed by atoms with Crippen LogP contribution in [0, 0.1) is 6.92 Å². The number of para-hydroxylation sites is 1. The molecule has 2 aromatic heterocycles. The number of aryl methyl sites for hydroxylation is 1. The van der Waals surface area contributed by atoms with Gasteiger partial charge in [0.1, 0.15) is 5.82 Å². The van der Waals surface area contributed by atoms with Gasteiger partial charge in [-0.1, -0.05) is 12.1 Å². The van der Waals surface area contributed by atoms with Crippen LogP contribution in [0.4, 0.5) is 23.0 Å². The molecule has 0 amide bonds. The number of likely N-dealkylation sites (N-methyl/N-ethyl adjacent to an activating group) is 1. The minimum atomic E-state index is 0.593. The van der Waals surface area contributed by atoms with Gasteiger partial charge in [-0.3, -0.25) is 5.10 Å². The summed E-state index contributed by atoms with van der Waals surface area (Å²) in [5.41, 5.74) is 10.7. The van der Waals surface area contributed by atoms with E-state index in [0.29, 0.717) is 23.1 Å². The molecule has 4 aromatic rings. The lowest BCUT2D eigenvalue weighted by Gasteiger charge is -2.34. The minimum absolute atomic E-state index is 0.593. The van der Waals surface area contributed by atoms with E-state index < -0.39 is 0 Å². The zero-order valence-corrected chi connectivity index (χ0v) is 17.8. The van der Waals surface area contributed by atoms with Gasteiger partial charge in [0.2, 0.25) is 0 Å². The van der Waals surface area contributed by atoms with Crippen molar-refractivity contribution in [3.05, 3.63) is 54.2 Å². The molecule has 8 nitrogen and oxygen atoms in total. The van der Waals surface area contributed by atoms with Crippen molar-refractivity contribution in [3.63, 3.8) is 0 Å². The molecule has 1 fully saturated rings. The molecule has 0 aliphatic carbocycles. The molecule has 8 heteroatoms. The molecule has 1 aliphatic rings. The van der Waals surface area contributed by atoms with E-state index in [2.05, 4.69) is 50.6 Å². The Balaban J connectivity index is 1.62. The molecule has 1 saturated heterocycles. The fraction of sp³-hybridized carbons (Fsp3) is 0.261. The fourth-order valence-corrected chi connectivity index (χ4v) is 3.90. The Morgan fingerprint density at radius 2 is 1.81 bits per heavy atom. The van der Waals surface area contributed by atoms with E-state index in [1.54, 1.807) is 0 Å². The maximum absolute atomic E-state index is 6.23. The number of aromatic amines is 1. The first-order valence-electron chi connectivity index (χ1n) is 10.5. The summed E-state index contributed by atoms with van der Waals surface area (Å²) >= 11 is 0. The number of rotatable bonds is 4. The van der Waals surface area contributed by atoms with Crippen molar-refractivity contribution >= 4 is 33.9 Å². The van der Waals surface area contributed by atoms with Crippen LogP contribution < -0.4 is 16.0 Å². The summed E-state index contributed by atoms with van der Waals surface area (Å²) in [7, 11) is 2.16. The monoisotopic (exact) mass is 414 g/mol. The number of nitrogens with two attached hydrogens (primary N) is 1. The number of H-pyrrole nitrogens is 1. The van der Waals surface area contributed by atoms with Crippen LogP contribution in [-0.4, -0.2) is 58.3 Å². The van der Waals surface area contributed by atoms with E-state index >= 15 is 0 Å². The van der Waals surface area contributed by atoms with Gasteiger partial charge in [0.25, 0.3) is 0 Å². The van der Waals surface area contributed by atoms with Crippen LogP contribution in [0.15, 0.2) is 48.5 Å². The molecule has 0 spiro atoms. The van der Waals surface area contributed by atoms with Gasteiger partial charge < -0.3 is 20.9 Å². The Kier molecular flexibility index (Phi) is 4.91. The third-order valence-electron chi connectivity index (χ3n) is 5.70. The van der Waals surface area contributed by atoms with Gasteiger partial charge in [-0.25, -0.2) is 9.97 Å². The van der Waals surface area contributed by atoms with E-state index in [1.165, 1.54) is 5.69 Å². The molecule has 0 radical (unpaired) electrons. The molecule has 3 heterocycles. The van der Waals surface area contributed by atoms with E-state index in [1.807, 2.05) is 37.3 Å². The zero-order chi connectivity index (χ0) is 21.4. The van der Waals surface area contributed by atoms with Crippen LogP contribution >= 0.6 is 0 Å². The highest BCUT2D eigenvalue weighted by Gasteiger charge is 2.17. The van der Waals surface area contributed by atoms with Crippen LogP contribution in [-0.2, 0) is 0 Å². The summed E-state index contributed by atoms with van der Waals surface area (Å²) in [5.74, 6) is 2.02. The van der Waals surface area contributed by atoms with E-state index in [4.69, 9.17) is 15.7 Å². The van der Waals surface area contributed by atoms with E-state index in [9.17, 15) is 0 Å². The predicted octanol–water partition coefficient (Wildman–Crippen LogP) is 3.41. The number of hydrogen-bond donors (Lipinski definition) is 3. The van der Waals surface area contributed by atoms with Crippen molar-refractivity contribution in [3.8, 4) is 11.4 Å². The Morgan fingerprint density at radius 1 is 1.00 bits per heavy atom. The Bertz CT molecular complexity index is 1220. The van der Waals surface area contributed by atoms with Crippen molar-refractivity contribution in [1.82, 2.24) is 25.1 Å². The predicted molar refractivity (Wildman–Crippen MR) is 126 cm³/mol. The number of nitrogens with zero attached hydrogens (tertiary/aromatic N) is 5. The summed E-state index contributed by atoms with van der Waals surface area (Å²) in [6, 6.07) is 16.0. The molecule has 0 atom stereocenters. The van der Waals surface area contributed by atoms with Crippen LogP contribution in [0.1, 0.15) is 5.69 Å². The van der Waals surface area contributed by atoms with E-state index in [-0.39, 0.29) is 0 Å². The standard InChI is InChI=1S/C23H26N8/c1-15-13-21(29-28-15)26-23-18-8-7-16(31-11-9-30(2)10-12-31)14-20(18)25-22(27-23)17-5-3-4-6-19(17)24/h3-8,13-14H,9-12,24H2,1-2H3,(H2,25,26,27,28,29). The van der Waals surface area contributed by atoms with Crippen molar-refractivity contribution in [2.45, 2.75) is 6.92 Å². The normalized spacial score (nSPS) is 14.8. The Hall–Kier alpha value is -3.65. The first kappa shape index (κ1) is 19.3. The lowest BCUT2D eigenvalue weighted by Crippen LogP contribution is -2.44. The first-order chi connectivity index (χ1) is 15.1. The van der Waals surface area contributed by atoms with Gasteiger partial charge in [0.05, 0.1) is 5.52 Å². The third kappa shape index (κ3) is 3.89. The number of hydrogen-bond acceptors (Lipinski definition) is 7. The van der Waals surface area contributed by atoms with Crippen LogP contribution in [0.25, 0.3) is 22.3 Å². The smallest absolute Gasteiger partial charge is 0.164 e. The Labute approximate surface area is 181 Å². The molecular formula is C23H26N8. The van der Waals surface area contributed by atoms with Crippen LogP contribution in [0.3, 0.4) is 0 Å². The quantitative estimate of drug-likeness (QED) is 0.440. The van der Waals surface area contributed by atoms with Crippen molar-refractivity contribution in [2.24, 2.45) is 0 Å². The van der Waals surface area contributed by atoms with Crippen LogP contribution in [0.5, 0.6) is 0 Å².